The molecule has 1 fully saturated rings. The Bertz CT molecular complexity index is 472. The van der Waals surface area contributed by atoms with Gasteiger partial charge >= 0.3 is 18.2 Å². The summed E-state index contributed by atoms with van der Waals surface area (Å²) in [5.41, 5.74) is -2.23. The number of carbonyl (C=O) groups is 2. The summed E-state index contributed by atoms with van der Waals surface area (Å²) >= 11 is 0. The first-order valence-electron chi connectivity index (χ1n) is 7.78. The van der Waals surface area contributed by atoms with E-state index in [4.69, 9.17) is 4.74 Å². The van der Waals surface area contributed by atoms with Gasteiger partial charge in [-0.05, 0) is 40.5 Å². The van der Waals surface area contributed by atoms with Gasteiger partial charge in [-0.25, -0.2) is 4.79 Å². The summed E-state index contributed by atoms with van der Waals surface area (Å²) in [6.07, 6.45) is -4.39. The highest BCUT2D eigenvalue weighted by Gasteiger charge is 2.42. The number of nitrogens with zero attached hydrogens (tertiary/aromatic N) is 1. The van der Waals surface area contributed by atoms with Crippen molar-refractivity contribution in [2.24, 2.45) is 5.92 Å². The molecule has 0 spiro atoms. The van der Waals surface area contributed by atoms with Gasteiger partial charge in [0.25, 0.3) is 0 Å². The molecule has 0 aliphatic carbocycles. The van der Waals surface area contributed by atoms with E-state index in [0.29, 0.717) is 19.4 Å². The molecule has 2 N–H and O–H groups in total. The molecule has 24 heavy (non-hydrogen) atoms. The van der Waals surface area contributed by atoms with Crippen molar-refractivity contribution in [3.05, 3.63) is 0 Å². The van der Waals surface area contributed by atoms with Crippen molar-refractivity contribution in [1.29, 1.82) is 0 Å². The van der Waals surface area contributed by atoms with Gasteiger partial charge in [0.05, 0.1) is 5.60 Å². The molecule has 9 heteroatoms. The second-order valence-electron chi connectivity index (χ2n) is 7.30. The van der Waals surface area contributed by atoms with E-state index in [9.17, 15) is 27.9 Å². The SMILES string of the molecule is CC(C)(C)OC(=O)N1CCCC(C(C)(O)CNC(=O)C(F)(F)F)C1. The standard InChI is InChI=1S/C15H25F3N2O4/c1-13(2,3)24-12(22)20-7-5-6-10(8-20)14(4,23)9-19-11(21)15(16,17)18/h10,23H,5-9H2,1-4H3,(H,19,21). The van der Waals surface area contributed by atoms with Crippen molar-refractivity contribution in [3.63, 3.8) is 0 Å². The Morgan fingerprint density at radius 2 is 1.83 bits per heavy atom. The Labute approximate surface area is 139 Å². The number of amides is 2. The van der Waals surface area contributed by atoms with Crippen LogP contribution in [0.25, 0.3) is 0 Å². The number of alkyl halides is 3. The average molecular weight is 354 g/mol. The second-order valence-corrected chi connectivity index (χ2v) is 7.30. The molecule has 0 aromatic carbocycles. The minimum atomic E-state index is -4.99. The average Bonchev–Trinajstić information content (AvgIpc) is 2.42. The smallest absolute Gasteiger partial charge is 0.444 e. The number of rotatable bonds is 3. The lowest BCUT2D eigenvalue weighted by Gasteiger charge is -2.40. The Morgan fingerprint density at radius 3 is 2.33 bits per heavy atom. The lowest BCUT2D eigenvalue weighted by Crippen LogP contribution is -2.54. The van der Waals surface area contributed by atoms with E-state index < -0.39 is 41.8 Å². The van der Waals surface area contributed by atoms with Crippen LogP contribution in [0.3, 0.4) is 0 Å². The molecule has 2 amide bonds. The van der Waals surface area contributed by atoms with Crippen molar-refractivity contribution in [2.75, 3.05) is 19.6 Å². The summed E-state index contributed by atoms with van der Waals surface area (Å²) in [5.74, 6) is -2.56. The minimum absolute atomic E-state index is 0.157. The number of likely N-dealkylation sites (tertiary alicyclic amines) is 1. The van der Waals surface area contributed by atoms with Crippen LogP contribution < -0.4 is 5.32 Å². The Hall–Kier alpha value is -1.51. The first-order chi connectivity index (χ1) is 10.7. The molecule has 140 valence electrons. The van der Waals surface area contributed by atoms with Crippen molar-refractivity contribution in [3.8, 4) is 0 Å². The lowest BCUT2D eigenvalue weighted by molar-refractivity contribution is -0.175. The van der Waals surface area contributed by atoms with Crippen LogP contribution in [0.2, 0.25) is 0 Å². The molecule has 1 saturated heterocycles. The molecule has 0 bridgehead atoms. The summed E-state index contributed by atoms with van der Waals surface area (Å²) in [5, 5.41) is 12.1. The van der Waals surface area contributed by atoms with E-state index in [1.807, 2.05) is 0 Å². The molecule has 1 aliphatic heterocycles. The van der Waals surface area contributed by atoms with Crippen molar-refractivity contribution in [1.82, 2.24) is 10.2 Å². The quantitative estimate of drug-likeness (QED) is 0.813. The highest BCUT2D eigenvalue weighted by Crippen LogP contribution is 2.28. The third kappa shape index (κ3) is 6.18. The molecule has 1 rings (SSSR count). The molecule has 0 saturated carbocycles. The molecule has 2 atom stereocenters. The van der Waals surface area contributed by atoms with Gasteiger partial charge in [-0.15, -0.1) is 0 Å². The highest BCUT2D eigenvalue weighted by atomic mass is 19.4. The van der Waals surface area contributed by atoms with Crippen LogP contribution in [0.1, 0.15) is 40.5 Å². The van der Waals surface area contributed by atoms with Gasteiger partial charge < -0.3 is 20.1 Å². The van der Waals surface area contributed by atoms with Gasteiger partial charge in [0.15, 0.2) is 0 Å². The van der Waals surface area contributed by atoms with Gasteiger partial charge in [-0.3, -0.25) is 4.79 Å². The fourth-order valence-corrected chi connectivity index (χ4v) is 2.48. The second kappa shape index (κ2) is 7.16. The first-order valence-corrected chi connectivity index (χ1v) is 7.78. The van der Waals surface area contributed by atoms with Crippen LogP contribution in [0.5, 0.6) is 0 Å². The lowest BCUT2D eigenvalue weighted by atomic mass is 9.83. The zero-order valence-corrected chi connectivity index (χ0v) is 14.4. The van der Waals surface area contributed by atoms with E-state index in [1.165, 1.54) is 11.8 Å². The normalized spacial score (nSPS) is 21.8. The van der Waals surface area contributed by atoms with Crippen molar-refractivity contribution >= 4 is 12.0 Å². The van der Waals surface area contributed by atoms with Crippen LogP contribution in [0.15, 0.2) is 0 Å². The molecular formula is C15H25F3N2O4. The van der Waals surface area contributed by atoms with Crippen LogP contribution >= 0.6 is 0 Å². The fourth-order valence-electron chi connectivity index (χ4n) is 2.48. The summed E-state index contributed by atoms with van der Waals surface area (Å²) < 4.78 is 42.0. The maximum absolute atomic E-state index is 12.2. The van der Waals surface area contributed by atoms with Gasteiger partial charge in [-0.1, -0.05) is 0 Å². The Balaban J connectivity index is 2.65. The highest BCUT2D eigenvalue weighted by molar-refractivity contribution is 5.81. The number of ether oxygens (including phenoxy) is 1. The molecule has 2 unspecified atom stereocenters. The molecule has 1 aliphatic rings. The molecule has 6 nitrogen and oxygen atoms in total. The summed E-state index contributed by atoms with van der Waals surface area (Å²) in [6.45, 7) is 6.62. The molecule has 0 radical (unpaired) electrons. The van der Waals surface area contributed by atoms with Crippen molar-refractivity contribution < 1.29 is 32.6 Å². The zero-order valence-electron chi connectivity index (χ0n) is 14.4. The van der Waals surface area contributed by atoms with Gasteiger partial charge in [0.2, 0.25) is 0 Å². The number of aliphatic hydroxyl groups is 1. The van der Waals surface area contributed by atoms with E-state index in [1.54, 1.807) is 26.1 Å². The third-order valence-corrected chi connectivity index (χ3v) is 3.82. The number of hydrogen-bond donors (Lipinski definition) is 2. The first kappa shape index (κ1) is 20.5. The van der Waals surface area contributed by atoms with Gasteiger partial charge in [0, 0.05) is 25.6 Å². The Morgan fingerprint density at radius 1 is 1.25 bits per heavy atom. The number of hydrogen-bond acceptors (Lipinski definition) is 4. The maximum atomic E-state index is 12.2. The molecule has 0 aromatic rings. The number of piperidine rings is 1. The fraction of sp³-hybridized carbons (Fsp3) is 0.867. The largest absolute Gasteiger partial charge is 0.471 e. The van der Waals surface area contributed by atoms with Crippen molar-refractivity contribution in [2.45, 2.75) is 57.9 Å². The maximum Gasteiger partial charge on any atom is 0.471 e. The van der Waals surface area contributed by atoms with E-state index in [0.717, 1.165) is 0 Å². The summed E-state index contributed by atoms with van der Waals surface area (Å²) in [6, 6.07) is 0. The molecule has 1 heterocycles. The number of halogens is 3. The van der Waals surface area contributed by atoms with E-state index in [2.05, 4.69) is 0 Å². The van der Waals surface area contributed by atoms with Crippen LogP contribution in [-0.4, -0.2) is 59.0 Å². The number of nitrogens with one attached hydrogen (secondary N) is 1. The van der Waals surface area contributed by atoms with E-state index in [-0.39, 0.29) is 6.54 Å². The predicted octanol–water partition coefficient (Wildman–Crippen LogP) is 2.06. The van der Waals surface area contributed by atoms with Crippen LogP contribution in [-0.2, 0) is 9.53 Å². The molecular weight excluding hydrogens is 329 g/mol. The topological polar surface area (TPSA) is 78.9 Å². The zero-order chi connectivity index (χ0) is 18.8. The van der Waals surface area contributed by atoms with Gasteiger partial charge in [-0.2, -0.15) is 13.2 Å². The monoisotopic (exact) mass is 354 g/mol. The molecule has 0 aromatic heterocycles. The Kier molecular flexibility index (Phi) is 6.13. The van der Waals surface area contributed by atoms with Crippen LogP contribution in [0, 0.1) is 5.92 Å². The predicted molar refractivity (Wildman–Crippen MR) is 80.2 cm³/mol. The minimum Gasteiger partial charge on any atom is -0.444 e. The summed E-state index contributed by atoms with van der Waals surface area (Å²) in [7, 11) is 0. The van der Waals surface area contributed by atoms with E-state index >= 15 is 0 Å². The van der Waals surface area contributed by atoms with Crippen LogP contribution in [0.4, 0.5) is 18.0 Å². The number of carbonyl (C=O) groups excluding carboxylic acids is 2. The summed E-state index contributed by atoms with van der Waals surface area (Å²) in [4.78, 5) is 24.4. The third-order valence-electron chi connectivity index (χ3n) is 3.82. The van der Waals surface area contributed by atoms with Gasteiger partial charge in [0.1, 0.15) is 5.60 Å².